The number of nitrogens with one attached hydrogen (secondary N) is 1. The van der Waals surface area contributed by atoms with Gasteiger partial charge in [0.05, 0.1) is 6.61 Å². The van der Waals surface area contributed by atoms with Crippen molar-refractivity contribution in [2.45, 2.75) is 45.7 Å². The summed E-state index contributed by atoms with van der Waals surface area (Å²) >= 11 is 1.61. The van der Waals surface area contributed by atoms with Crippen LogP contribution in [0.2, 0.25) is 0 Å². The number of benzene rings is 2. The highest BCUT2D eigenvalue weighted by Crippen LogP contribution is 2.28. The molecule has 2 atom stereocenters. The van der Waals surface area contributed by atoms with Gasteiger partial charge in [-0.1, -0.05) is 69.3 Å². The minimum absolute atomic E-state index is 0.0813. The molecule has 0 saturated carbocycles. The number of amides is 3. The van der Waals surface area contributed by atoms with Crippen molar-refractivity contribution in [3.8, 4) is 0 Å². The SMILES string of the molecule is CNC(=O)[C@@H](Cc1ccccc1)N(C)C(=O)[C@@H](Cc1csc2ccccc12)N(C)C(=O)COCC(C)(C)C. The molecule has 0 aliphatic carbocycles. The monoisotopic (exact) mass is 537 g/mol. The second-order valence-corrected chi connectivity index (χ2v) is 11.7. The largest absolute Gasteiger partial charge is 0.371 e. The van der Waals surface area contributed by atoms with E-state index < -0.39 is 12.1 Å². The number of carbonyl (C=O) groups is 3. The van der Waals surface area contributed by atoms with Gasteiger partial charge in [-0.05, 0) is 33.4 Å². The van der Waals surface area contributed by atoms with Gasteiger partial charge in [-0.25, -0.2) is 0 Å². The van der Waals surface area contributed by atoms with E-state index in [4.69, 9.17) is 4.74 Å². The number of carbonyl (C=O) groups excluding carboxylic acids is 3. The topological polar surface area (TPSA) is 79.0 Å². The van der Waals surface area contributed by atoms with E-state index in [1.165, 1.54) is 9.80 Å². The summed E-state index contributed by atoms with van der Waals surface area (Å²) in [5.74, 6) is -0.830. The van der Waals surface area contributed by atoms with Gasteiger partial charge in [0.25, 0.3) is 0 Å². The van der Waals surface area contributed by atoms with Gasteiger partial charge in [0.1, 0.15) is 18.7 Å². The van der Waals surface area contributed by atoms with Crippen LogP contribution >= 0.6 is 11.3 Å². The van der Waals surface area contributed by atoms with Crippen molar-refractivity contribution in [1.82, 2.24) is 15.1 Å². The molecule has 0 saturated heterocycles. The predicted octanol–water partition coefficient (Wildman–Crippen LogP) is 4.15. The Balaban J connectivity index is 1.89. The quantitative estimate of drug-likeness (QED) is 0.399. The lowest BCUT2D eigenvalue weighted by Gasteiger charge is -2.34. The number of hydrogen-bond donors (Lipinski definition) is 1. The molecule has 3 amide bonds. The number of likely N-dealkylation sites (N-methyl/N-ethyl adjacent to an activating group) is 3. The molecule has 2 aromatic carbocycles. The lowest BCUT2D eigenvalue weighted by Crippen LogP contribution is -2.56. The first-order valence-electron chi connectivity index (χ1n) is 12.8. The van der Waals surface area contributed by atoms with E-state index in [1.54, 1.807) is 32.5 Å². The molecule has 0 radical (unpaired) electrons. The number of fused-ring (bicyclic) bond motifs is 1. The average molecular weight is 538 g/mol. The Morgan fingerprint density at radius 2 is 1.58 bits per heavy atom. The van der Waals surface area contributed by atoms with E-state index in [-0.39, 0.29) is 29.7 Å². The van der Waals surface area contributed by atoms with Gasteiger partial charge in [0.2, 0.25) is 17.7 Å². The fourth-order valence-corrected chi connectivity index (χ4v) is 5.28. The fraction of sp³-hybridized carbons (Fsp3) is 0.433. The zero-order chi connectivity index (χ0) is 27.9. The highest BCUT2D eigenvalue weighted by molar-refractivity contribution is 7.17. The van der Waals surface area contributed by atoms with Gasteiger partial charge >= 0.3 is 0 Å². The molecule has 1 N–H and O–H groups in total. The summed E-state index contributed by atoms with van der Waals surface area (Å²) in [7, 11) is 4.84. The van der Waals surface area contributed by atoms with E-state index >= 15 is 0 Å². The van der Waals surface area contributed by atoms with Crippen LogP contribution in [0.25, 0.3) is 10.1 Å². The first-order chi connectivity index (χ1) is 18.0. The second-order valence-electron chi connectivity index (χ2n) is 10.8. The molecule has 1 aromatic heterocycles. The number of nitrogens with zero attached hydrogens (tertiary/aromatic N) is 2. The smallest absolute Gasteiger partial charge is 0.248 e. The van der Waals surface area contributed by atoms with Crippen LogP contribution in [0.5, 0.6) is 0 Å². The van der Waals surface area contributed by atoms with Gasteiger partial charge in [0.15, 0.2) is 0 Å². The lowest BCUT2D eigenvalue weighted by molar-refractivity contribution is -0.149. The summed E-state index contributed by atoms with van der Waals surface area (Å²) in [6.45, 7) is 6.42. The molecule has 38 heavy (non-hydrogen) atoms. The summed E-state index contributed by atoms with van der Waals surface area (Å²) in [6, 6.07) is 16.1. The first kappa shape index (κ1) is 29.3. The lowest BCUT2D eigenvalue weighted by atomic mass is 9.99. The van der Waals surface area contributed by atoms with Crippen LogP contribution in [0, 0.1) is 5.41 Å². The van der Waals surface area contributed by atoms with Crippen LogP contribution in [-0.2, 0) is 32.0 Å². The van der Waals surface area contributed by atoms with E-state index in [9.17, 15) is 14.4 Å². The zero-order valence-corrected chi connectivity index (χ0v) is 24.0. The fourth-order valence-electron chi connectivity index (χ4n) is 4.31. The van der Waals surface area contributed by atoms with Gasteiger partial charge < -0.3 is 19.9 Å². The summed E-state index contributed by atoms with van der Waals surface area (Å²) in [4.78, 5) is 43.1. The molecule has 204 valence electrons. The summed E-state index contributed by atoms with van der Waals surface area (Å²) in [6.07, 6.45) is 0.698. The molecule has 8 heteroatoms. The maximum Gasteiger partial charge on any atom is 0.248 e. The van der Waals surface area contributed by atoms with Crippen molar-refractivity contribution >= 4 is 39.1 Å². The molecule has 0 fully saturated rings. The van der Waals surface area contributed by atoms with Crippen LogP contribution in [-0.4, -0.2) is 74.0 Å². The van der Waals surface area contributed by atoms with Crippen molar-refractivity contribution in [3.63, 3.8) is 0 Å². The third-order valence-electron chi connectivity index (χ3n) is 6.52. The molecular weight excluding hydrogens is 498 g/mol. The molecule has 0 bridgehead atoms. The number of hydrogen-bond acceptors (Lipinski definition) is 5. The molecule has 0 aliphatic rings. The Labute approximate surface area is 229 Å². The highest BCUT2D eigenvalue weighted by atomic mass is 32.1. The van der Waals surface area contributed by atoms with Gasteiger partial charge in [-0.15, -0.1) is 11.3 Å². The molecular formula is C30H39N3O4S. The van der Waals surface area contributed by atoms with E-state index in [0.29, 0.717) is 19.4 Å². The predicted molar refractivity (Wildman–Crippen MR) is 153 cm³/mol. The molecule has 3 rings (SSSR count). The van der Waals surface area contributed by atoms with Crippen molar-refractivity contribution in [3.05, 3.63) is 71.1 Å². The Morgan fingerprint density at radius 1 is 0.921 bits per heavy atom. The molecule has 1 heterocycles. The van der Waals surface area contributed by atoms with Crippen molar-refractivity contribution in [2.24, 2.45) is 5.41 Å². The normalized spacial score (nSPS) is 13.1. The van der Waals surface area contributed by atoms with Crippen molar-refractivity contribution in [1.29, 1.82) is 0 Å². The van der Waals surface area contributed by atoms with Crippen LogP contribution in [0.1, 0.15) is 31.9 Å². The van der Waals surface area contributed by atoms with Crippen LogP contribution in [0.4, 0.5) is 0 Å². The number of thiophene rings is 1. The third kappa shape index (κ3) is 7.65. The van der Waals surface area contributed by atoms with Crippen LogP contribution < -0.4 is 5.32 Å². The van der Waals surface area contributed by atoms with Crippen molar-refractivity contribution in [2.75, 3.05) is 34.4 Å². The summed E-state index contributed by atoms with van der Waals surface area (Å²) < 4.78 is 6.80. The number of rotatable bonds is 11. The van der Waals surface area contributed by atoms with E-state index in [0.717, 1.165) is 21.2 Å². The average Bonchev–Trinajstić information content (AvgIpc) is 3.31. The van der Waals surface area contributed by atoms with Crippen molar-refractivity contribution < 1.29 is 19.1 Å². The standard InChI is InChI=1S/C30H39N3O4S/c1-30(2,3)20-37-18-27(34)32(5)25(17-22-19-38-26-15-11-10-14-23(22)26)29(36)33(6)24(28(35)31-4)16-21-12-8-7-9-13-21/h7-15,19,24-25H,16-18,20H2,1-6H3,(H,31,35)/t24-,25-/m1/s1. The van der Waals surface area contributed by atoms with Crippen LogP contribution in [0.15, 0.2) is 60.0 Å². The minimum atomic E-state index is -0.799. The molecule has 0 unspecified atom stereocenters. The van der Waals surface area contributed by atoms with E-state index in [2.05, 4.69) is 5.32 Å². The third-order valence-corrected chi connectivity index (χ3v) is 7.53. The minimum Gasteiger partial charge on any atom is -0.371 e. The molecule has 7 nitrogen and oxygen atoms in total. The van der Waals surface area contributed by atoms with Gasteiger partial charge in [-0.3, -0.25) is 14.4 Å². The van der Waals surface area contributed by atoms with Crippen LogP contribution in [0.3, 0.4) is 0 Å². The first-order valence-corrected chi connectivity index (χ1v) is 13.7. The number of ether oxygens (including phenoxy) is 1. The summed E-state index contributed by atoms with van der Waals surface area (Å²) in [5, 5.41) is 5.80. The molecule has 0 spiro atoms. The Kier molecular flexibility index (Phi) is 10.1. The Bertz CT molecular complexity index is 1240. The zero-order valence-electron chi connectivity index (χ0n) is 23.2. The maximum atomic E-state index is 14.1. The van der Waals surface area contributed by atoms with Gasteiger partial charge in [0, 0.05) is 38.7 Å². The highest BCUT2D eigenvalue weighted by Gasteiger charge is 2.35. The Hall–Kier alpha value is -3.23. The maximum absolute atomic E-state index is 14.1. The second kappa shape index (κ2) is 13.0. The van der Waals surface area contributed by atoms with E-state index in [1.807, 2.05) is 80.7 Å². The molecule has 3 aromatic rings. The molecule has 0 aliphatic heterocycles. The summed E-state index contributed by atoms with van der Waals surface area (Å²) in [5.41, 5.74) is 1.86. The van der Waals surface area contributed by atoms with Gasteiger partial charge in [-0.2, -0.15) is 0 Å². The Morgan fingerprint density at radius 3 is 2.24 bits per heavy atom.